The van der Waals surface area contributed by atoms with Crippen LogP contribution < -0.4 is 10.6 Å². The van der Waals surface area contributed by atoms with Crippen molar-refractivity contribution < 1.29 is 0 Å². The molecule has 0 saturated heterocycles. The maximum atomic E-state index is 4.79. The van der Waals surface area contributed by atoms with Gasteiger partial charge in [-0.15, -0.1) is 0 Å². The molecule has 1 fully saturated rings. The zero-order valence-electron chi connectivity index (χ0n) is 14.2. The Morgan fingerprint density at radius 3 is 2.38 bits per heavy atom. The van der Waals surface area contributed by atoms with Crippen molar-refractivity contribution in [3.05, 3.63) is 11.4 Å². The van der Waals surface area contributed by atoms with Gasteiger partial charge in [-0.25, -0.2) is 9.97 Å². The molecule has 4 heteroatoms. The van der Waals surface area contributed by atoms with E-state index in [0.29, 0.717) is 12.0 Å². The van der Waals surface area contributed by atoms with Gasteiger partial charge < -0.3 is 10.6 Å². The van der Waals surface area contributed by atoms with Crippen molar-refractivity contribution in [3.63, 3.8) is 0 Å². The number of aromatic nitrogens is 2. The highest BCUT2D eigenvalue weighted by atomic mass is 15.1. The van der Waals surface area contributed by atoms with Gasteiger partial charge in [0, 0.05) is 24.1 Å². The first-order valence-corrected chi connectivity index (χ1v) is 8.44. The molecule has 0 amide bonds. The lowest BCUT2D eigenvalue weighted by molar-refractivity contribution is 0.483. The molecule has 2 N–H and O–H groups in total. The average molecular weight is 290 g/mol. The van der Waals surface area contributed by atoms with Gasteiger partial charge >= 0.3 is 0 Å². The number of nitrogens with one attached hydrogen (secondary N) is 2. The molecule has 0 spiro atoms. The number of hydrogen-bond acceptors (Lipinski definition) is 4. The van der Waals surface area contributed by atoms with Crippen molar-refractivity contribution in [1.29, 1.82) is 0 Å². The van der Waals surface area contributed by atoms with Crippen LogP contribution in [0.4, 0.5) is 11.6 Å². The number of anilines is 2. The van der Waals surface area contributed by atoms with Gasteiger partial charge in [-0.2, -0.15) is 0 Å². The number of rotatable bonds is 8. The molecular weight excluding hydrogens is 260 g/mol. The van der Waals surface area contributed by atoms with Crippen LogP contribution >= 0.6 is 0 Å². The van der Waals surface area contributed by atoms with Crippen molar-refractivity contribution in [3.8, 4) is 0 Å². The maximum absolute atomic E-state index is 4.79. The van der Waals surface area contributed by atoms with Crippen LogP contribution in [0.2, 0.25) is 0 Å². The van der Waals surface area contributed by atoms with Gasteiger partial charge in [0.15, 0.2) is 0 Å². The van der Waals surface area contributed by atoms with Crippen LogP contribution in [0.5, 0.6) is 0 Å². The Bertz CT molecular complexity index is 468. The summed E-state index contributed by atoms with van der Waals surface area (Å²) >= 11 is 0. The monoisotopic (exact) mass is 290 g/mol. The highest BCUT2D eigenvalue weighted by Crippen LogP contribution is 2.39. The van der Waals surface area contributed by atoms with E-state index in [1.807, 2.05) is 0 Å². The van der Waals surface area contributed by atoms with E-state index in [2.05, 4.69) is 45.3 Å². The third kappa shape index (κ3) is 4.32. The Morgan fingerprint density at radius 2 is 1.81 bits per heavy atom. The van der Waals surface area contributed by atoms with Crippen LogP contribution in [-0.2, 0) is 0 Å². The first-order chi connectivity index (χ1) is 10.0. The Labute approximate surface area is 129 Å². The molecule has 1 aliphatic rings. The smallest absolute Gasteiger partial charge is 0.136 e. The van der Waals surface area contributed by atoms with E-state index >= 15 is 0 Å². The molecule has 1 aliphatic carbocycles. The van der Waals surface area contributed by atoms with E-state index in [1.54, 1.807) is 0 Å². The lowest BCUT2D eigenvalue weighted by Gasteiger charge is -2.21. The van der Waals surface area contributed by atoms with Crippen LogP contribution in [0.1, 0.15) is 70.7 Å². The zero-order chi connectivity index (χ0) is 15.4. The average Bonchev–Trinajstić information content (AvgIpc) is 3.27. The minimum Gasteiger partial charge on any atom is -0.370 e. The summed E-state index contributed by atoms with van der Waals surface area (Å²) in [6.07, 6.45) is 4.87. The number of hydrogen-bond donors (Lipinski definition) is 2. The maximum Gasteiger partial charge on any atom is 0.136 e. The quantitative estimate of drug-likeness (QED) is 0.748. The van der Waals surface area contributed by atoms with Crippen molar-refractivity contribution >= 4 is 11.6 Å². The first-order valence-electron chi connectivity index (χ1n) is 8.44. The molecular formula is C17H30N4. The molecule has 2 unspecified atom stereocenters. The molecule has 118 valence electrons. The summed E-state index contributed by atoms with van der Waals surface area (Å²) in [5.74, 6) is 4.33. The highest BCUT2D eigenvalue weighted by molar-refractivity contribution is 5.58. The van der Waals surface area contributed by atoms with Gasteiger partial charge in [0.25, 0.3) is 0 Å². The Balaban J connectivity index is 2.16. The van der Waals surface area contributed by atoms with E-state index in [1.165, 1.54) is 25.7 Å². The van der Waals surface area contributed by atoms with Gasteiger partial charge in [-0.1, -0.05) is 20.3 Å². The zero-order valence-corrected chi connectivity index (χ0v) is 14.2. The second-order valence-electron chi connectivity index (χ2n) is 6.50. The lowest BCUT2D eigenvalue weighted by Crippen LogP contribution is -2.21. The van der Waals surface area contributed by atoms with Crippen LogP contribution in [0.3, 0.4) is 0 Å². The highest BCUT2D eigenvalue weighted by Gasteiger charge is 2.28. The summed E-state index contributed by atoms with van der Waals surface area (Å²) in [6.45, 7) is 11.9. The van der Waals surface area contributed by atoms with Crippen LogP contribution in [-0.4, -0.2) is 22.6 Å². The third-order valence-electron chi connectivity index (χ3n) is 4.29. The predicted molar refractivity (Wildman–Crippen MR) is 90.1 cm³/mol. The molecule has 2 atom stereocenters. The van der Waals surface area contributed by atoms with Crippen LogP contribution in [0, 0.1) is 12.8 Å². The van der Waals surface area contributed by atoms with E-state index in [0.717, 1.165) is 35.5 Å². The summed E-state index contributed by atoms with van der Waals surface area (Å²) < 4.78 is 0. The van der Waals surface area contributed by atoms with Gasteiger partial charge in [-0.05, 0) is 46.0 Å². The summed E-state index contributed by atoms with van der Waals surface area (Å²) in [5.41, 5.74) is 1.14. The molecule has 0 bridgehead atoms. The van der Waals surface area contributed by atoms with Gasteiger partial charge in [0.2, 0.25) is 0 Å². The fraction of sp³-hybridized carbons (Fsp3) is 0.765. The Hall–Kier alpha value is -1.32. The Kier molecular flexibility index (Phi) is 5.43. The van der Waals surface area contributed by atoms with Gasteiger partial charge in [0.1, 0.15) is 17.5 Å². The second-order valence-corrected chi connectivity index (χ2v) is 6.50. The summed E-state index contributed by atoms with van der Waals surface area (Å²) in [4.78, 5) is 9.49. The third-order valence-corrected chi connectivity index (χ3v) is 4.29. The summed E-state index contributed by atoms with van der Waals surface area (Å²) in [6, 6.07) is 0.440. The van der Waals surface area contributed by atoms with Gasteiger partial charge in [-0.3, -0.25) is 0 Å². The fourth-order valence-corrected chi connectivity index (χ4v) is 2.60. The van der Waals surface area contributed by atoms with E-state index in [-0.39, 0.29) is 0 Å². The largest absolute Gasteiger partial charge is 0.370 e. The van der Waals surface area contributed by atoms with Crippen LogP contribution in [0.15, 0.2) is 0 Å². The molecule has 1 aromatic heterocycles. The van der Waals surface area contributed by atoms with Gasteiger partial charge in [0.05, 0.1) is 0 Å². The minimum atomic E-state index is 0.440. The molecule has 1 heterocycles. The topological polar surface area (TPSA) is 49.8 Å². The first kappa shape index (κ1) is 16.1. The minimum absolute atomic E-state index is 0.440. The van der Waals surface area contributed by atoms with E-state index in [4.69, 9.17) is 9.97 Å². The lowest BCUT2D eigenvalue weighted by atomic mass is 10.0. The van der Waals surface area contributed by atoms with Crippen LogP contribution in [0.25, 0.3) is 0 Å². The molecule has 21 heavy (non-hydrogen) atoms. The van der Waals surface area contributed by atoms with E-state index in [9.17, 15) is 0 Å². The van der Waals surface area contributed by atoms with Crippen molar-refractivity contribution in [1.82, 2.24) is 9.97 Å². The molecule has 4 nitrogen and oxygen atoms in total. The van der Waals surface area contributed by atoms with Crippen molar-refractivity contribution in [2.75, 3.05) is 17.2 Å². The molecule has 0 radical (unpaired) electrons. The predicted octanol–water partition coefficient (Wildman–Crippen LogP) is 4.33. The van der Waals surface area contributed by atoms with Crippen molar-refractivity contribution in [2.24, 2.45) is 5.92 Å². The second kappa shape index (κ2) is 7.10. The standard InChI is InChI=1S/C17H30N4/c1-6-11(3)10-12(4)19-16-13(5)15(18-7-2)20-17(21-16)14-8-9-14/h11-12,14H,6-10H2,1-5H3,(H2,18,19,20,21). The summed E-state index contributed by atoms with van der Waals surface area (Å²) in [5, 5.41) is 6.98. The Morgan fingerprint density at radius 1 is 1.14 bits per heavy atom. The summed E-state index contributed by atoms with van der Waals surface area (Å²) in [7, 11) is 0. The normalized spacial score (nSPS) is 17.4. The molecule has 0 aliphatic heterocycles. The molecule has 1 saturated carbocycles. The molecule has 1 aromatic rings. The molecule has 0 aromatic carbocycles. The number of nitrogens with zero attached hydrogens (tertiary/aromatic N) is 2. The van der Waals surface area contributed by atoms with E-state index < -0.39 is 0 Å². The van der Waals surface area contributed by atoms with Crippen molar-refractivity contribution in [2.45, 2.75) is 72.3 Å². The SMILES string of the molecule is CCNc1nc(C2CC2)nc(NC(C)CC(C)CC)c1C. The fourth-order valence-electron chi connectivity index (χ4n) is 2.60. The molecule has 2 rings (SSSR count).